The molecule has 0 saturated heterocycles. The molecule has 3 saturated carbocycles. The maximum Gasteiger partial charge on any atom is 0.417 e. The van der Waals surface area contributed by atoms with Gasteiger partial charge in [-0.3, -0.25) is 14.4 Å². The smallest absolute Gasteiger partial charge is 0.417 e. The molecule has 12 heteroatoms. The molecule has 0 radical (unpaired) electrons. The van der Waals surface area contributed by atoms with Gasteiger partial charge in [-0.1, -0.05) is 13.8 Å². The number of amides is 1. The van der Waals surface area contributed by atoms with Crippen molar-refractivity contribution in [2.24, 2.45) is 40.7 Å². The lowest BCUT2D eigenvalue weighted by atomic mass is 9.45. The third-order valence-electron chi connectivity index (χ3n) is 11.4. The van der Waals surface area contributed by atoms with Crippen LogP contribution in [-0.2, 0) is 28.7 Å². The number of Topliss-reactive ketones (excluding diaryl/α,β-unsaturated/α-hetero) is 2. The number of alkyl halides is 3. The number of aromatic hydroxyl groups is 1. The highest BCUT2D eigenvalue weighted by Crippen LogP contribution is 2.61. The Bertz CT molecular complexity index is 1560. The molecule has 6 aliphatic rings. The van der Waals surface area contributed by atoms with Crippen molar-refractivity contribution in [2.75, 3.05) is 13.6 Å². The summed E-state index contributed by atoms with van der Waals surface area (Å²) in [6.45, 7) is 4.99. The largest absolute Gasteiger partial charge is 0.511 e. The second kappa shape index (κ2) is 9.81. The fraction of sp³-hybridized carbons (Fsp3) is 0.594. The molecule has 9 nitrogen and oxygen atoms in total. The molecule has 6 aliphatic carbocycles. The normalized spacial score (nSPS) is 32.7. The van der Waals surface area contributed by atoms with Gasteiger partial charge in [0.25, 0.3) is 5.91 Å². The molecule has 238 valence electrons. The number of hydrogen-bond acceptors (Lipinski definition) is 8. The molecule has 1 aromatic rings. The average molecular weight is 619 g/mol. The van der Waals surface area contributed by atoms with Crippen LogP contribution >= 0.6 is 0 Å². The first-order chi connectivity index (χ1) is 20.4. The van der Waals surface area contributed by atoms with Crippen molar-refractivity contribution in [2.45, 2.75) is 70.7 Å². The van der Waals surface area contributed by atoms with E-state index in [0.29, 0.717) is 24.3 Å². The Labute approximate surface area is 252 Å². The summed E-state index contributed by atoms with van der Waals surface area (Å²) in [5.41, 5.74) is -1.02. The molecule has 1 amide bonds. The number of aliphatic hydroxyl groups excluding tert-OH is 2. The highest BCUT2D eigenvalue weighted by molar-refractivity contribution is 6.24. The Hall–Kier alpha value is -3.38. The van der Waals surface area contributed by atoms with Crippen LogP contribution in [-0.4, -0.2) is 62.0 Å². The van der Waals surface area contributed by atoms with Crippen LogP contribution in [0, 0.1) is 35.0 Å². The lowest BCUT2D eigenvalue weighted by Gasteiger charge is -2.60. The quantitative estimate of drug-likeness (QED) is 0.308. The first-order valence-electron chi connectivity index (χ1n) is 15.0. The molecule has 3 unspecified atom stereocenters. The van der Waals surface area contributed by atoms with Gasteiger partial charge in [0.05, 0.1) is 11.1 Å². The van der Waals surface area contributed by atoms with Crippen molar-refractivity contribution in [3.8, 4) is 5.75 Å². The van der Waals surface area contributed by atoms with Crippen LogP contribution in [0.1, 0.15) is 73.0 Å². The van der Waals surface area contributed by atoms with Gasteiger partial charge in [-0.2, -0.15) is 13.2 Å². The van der Waals surface area contributed by atoms with Crippen molar-refractivity contribution >= 4 is 17.5 Å². The van der Waals surface area contributed by atoms with Gasteiger partial charge in [0.1, 0.15) is 22.8 Å². The topological polar surface area (TPSA) is 161 Å². The molecule has 0 spiro atoms. The zero-order valence-electron chi connectivity index (χ0n) is 24.8. The standard InChI is InChI=1S/C32H37F3N2O7/c1-30(2)16-5-4-13(19(30)9-16)11-37(3)12-15-8-20(38)23-18(25(15)32(33,34)35)7-14-6-17-10-21(39)24(29(36)43)28(42)31(17,44)27(41)22(14)26(23)40/h8,13-14,16-17,19,38-39,41,44H,4-7,9-12H2,1-3H3,(H2,36,43)/t13-,14?,16?,17+,19?,31+/m1/s1. The predicted octanol–water partition coefficient (Wildman–Crippen LogP) is 4.10. The second-order valence-corrected chi connectivity index (χ2v) is 14.1. The second-order valence-electron chi connectivity index (χ2n) is 14.1. The van der Waals surface area contributed by atoms with Crippen LogP contribution in [0.4, 0.5) is 13.2 Å². The van der Waals surface area contributed by atoms with Crippen LogP contribution in [0.2, 0.25) is 0 Å². The zero-order valence-corrected chi connectivity index (χ0v) is 24.8. The Morgan fingerprint density at radius 3 is 2.36 bits per heavy atom. The lowest BCUT2D eigenvalue weighted by Crippen LogP contribution is -2.57. The number of fused-ring (bicyclic) bond motifs is 5. The molecule has 7 rings (SSSR count). The Morgan fingerprint density at radius 1 is 1.09 bits per heavy atom. The van der Waals surface area contributed by atoms with Crippen LogP contribution in [0.15, 0.2) is 28.7 Å². The Balaban J connectivity index is 1.37. The third kappa shape index (κ3) is 4.23. The summed E-state index contributed by atoms with van der Waals surface area (Å²) >= 11 is 0. The minimum atomic E-state index is -4.88. The van der Waals surface area contributed by atoms with Gasteiger partial charge in [0, 0.05) is 31.0 Å². The van der Waals surface area contributed by atoms with Gasteiger partial charge in [-0.25, -0.2) is 0 Å². The van der Waals surface area contributed by atoms with Crippen LogP contribution in [0.3, 0.4) is 0 Å². The van der Waals surface area contributed by atoms with Gasteiger partial charge in [-0.05, 0) is 85.4 Å². The van der Waals surface area contributed by atoms with Crippen molar-refractivity contribution in [1.82, 2.24) is 4.90 Å². The number of carbonyl (C=O) groups excluding carboxylic acids is 3. The van der Waals surface area contributed by atoms with Crippen molar-refractivity contribution in [1.29, 1.82) is 0 Å². The summed E-state index contributed by atoms with van der Waals surface area (Å²) in [6.07, 6.45) is -2.75. The van der Waals surface area contributed by atoms with Gasteiger partial charge in [0.2, 0.25) is 5.78 Å². The zero-order chi connectivity index (χ0) is 32.3. The highest BCUT2D eigenvalue weighted by Gasteiger charge is 2.60. The summed E-state index contributed by atoms with van der Waals surface area (Å²) in [6, 6.07) is 0.941. The summed E-state index contributed by atoms with van der Waals surface area (Å²) in [5, 5.41) is 43.8. The minimum absolute atomic E-state index is 0.110. The number of nitrogens with zero attached hydrogens (tertiary/aromatic N) is 1. The molecular formula is C32H37F3N2O7. The van der Waals surface area contributed by atoms with E-state index in [1.165, 1.54) is 0 Å². The van der Waals surface area contributed by atoms with E-state index in [0.717, 1.165) is 25.3 Å². The number of benzene rings is 1. The fourth-order valence-electron chi connectivity index (χ4n) is 9.17. The third-order valence-corrected chi connectivity index (χ3v) is 11.4. The van der Waals surface area contributed by atoms with Crippen molar-refractivity contribution < 1.29 is 48.0 Å². The van der Waals surface area contributed by atoms with Crippen molar-refractivity contribution in [3.05, 3.63) is 51.0 Å². The lowest BCUT2D eigenvalue weighted by molar-refractivity contribution is -0.144. The molecule has 6 N–H and O–H groups in total. The number of rotatable bonds is 5. The molecule has 1 aromatic carbocycles. The summed E-state index contributed by atoms with van der Waals surface area (Å²) in [5.74, 6) is -7.12. The molecule has 44 heavy (non-hydrogen) atoms. The van der Waals surface area contributed by atoms with E-state index in [9.17, 15) is 48.0 Å². The average Bonchev–Trinajstić information content (AvgIpc) is 2.89. The molecule has 0 aromatic heterocycles. The first-order valence-corrected chi connectivity index (χ1v) is 15.0. The van der Waals surface area contributed by atoms with Gasteiger partial charge >= 0.3 is 6.18 Å². The summed E-state index contributed by atoms with van der Waals surface area (Å²) in [7, 11) is 1.75. The van der Waals surface area contributed by atoms with Crippen LogP contribution in [0.5, 0.6) is 5.75 Å². The van der Waals surface area contributed by atoms with E-state index in [-0.39, 0.29) is 23.9 Å². The number of ketones is 2. The number of aliphatic hydroxyl groups is 3. The SMILES string of the molecule is CN(Cc1cc(O)c2c(c1C(F)(F)F)CC1C[C@H]3CC(O)=C(C(N)=O)C(=O)[C@@]3(O)C(O)=C1C2=O)C[C@H]1CCC2CC1C2(C)C. The first kappa shape index (κ1) is 30.6. The number of allylic oxidation sites excluding steroid dienone is 2. The van der Waals surface area contributed by atoms with Crippen molar-refractivity contribution in [3.63, 3.8) is 0 Å². The fourth-order valence-corrected chi connectivity index (χ4v) is 9.17. The number of halogens is 3. The van der Waals surface area contributed by atoms with E-state index in [1.807, 2.05) is 4.90 Å². The Kier molecular flexibility index (Phi) is 6.83. The van der Waals surface area contributed by atoms with E-state index in [2.05, 4.69) is 13.8 Å². The highest BCUT2D eigenvalue weighted by atomic mass is 19.4. The molecule has 0 aliphatic heterocycles. The molecule has 6 atom stereocenters. The van der Waals surface area contributed by atoms with E-state index >= 15 is 0 Å². The summed E-state index contributed by atoms with van der Waals surface area (Å²) < 4.78 is 44.4. The van der Waals surface area contributed by atoms with E-state index in [4.69, 9.17) is 5.73 Å². The van der Waals surface area contributed by atoms with E-state index < -0.39 is 99.0 Å². The molecule has 0 heterocycles. The van der Waals surface area contributed by atoms with Crippen LogP contribution < -0.4 is 5.73 Å². The van der Waals surface area contributed by atoms with Gasteiger partial charge in [0.15, 0.2) is 11.4 Å². The predicted molar refractivity (Wildman–Crippen MR) is 150 cm³/mol. The van der Waals surface area contributed by atoms with Crippen LogP contribution in [0.25, 0.3) is 0 Å². The number of nitrogens with two attached hydrogens (primary N) is 1. The maximum atomic E-state index is 14.8. The Morgan fingerprint density at radius 2 is 1.77 bits per heavy atom. The number of carbonyl (C=O) groups is 3. The number of phenolic OH excluding ortho intramolecular Hbond substituents is 1. The summed E-state index contributed by atoms with van der Waals surface area (Å²) in [4.78, 5) is 40.5. The number of hydrogen-bond donors (Lipinski definition) is 5. The molecule has 3 fully saturated rings. The van der Waals surface area contributed by atoms with Gasteiger partial charge < -0.3 is 31.1 Å². The minimum Gasteiger partial charge on any atom is -0.511 e. The number of phenols is 1. The monoisotopic (exact) mass is 618 g/mol. The maximum absolute atomic E-state index is 14.8. The van der Waals surface area contributed by atoms with Gasteiger partial charge in [-0.15, -0.1) is 0 Å². The van der Waals surface area contributed by atoms with E-state index in [1.54, 1.807) is 7.05 Å². The number of primary amides is 1. The molecule has 2 bridgehead atoms. The molecular weight excluding hydrogens is 581 g/mol.